The molecule has 0 bridgehead atoms. The topological polar surface area (TPSA) is 147 Å². The van der Waals surface area contributed by atoms with Crippen LogP contribution in [0.4, 0.5) is 0 Å². The first-order valence-corrected chi connectivity index (χ1v) is 8.99. The first-order valence-electron chi connectivity index (χ1n) is 7.94. The molecule has 1 saturated heterocycles. The van der Waals surface area contributed by atoms with Gasteiger partial charge in [0, 0.05) is 11.3 Å². The van der Waals surface area contributed by atoms with Gasteiger partial charge in [-0.15, -0.1) is 11.8 Å². The Balaban J connectivity index is 0.00000280. The van der Waals surface area contributed by atoms with Gasteiger partial charge in [-0.25, -0.2) is 0 Å². The number of rotatable bonds is 6. The van der Waals surface area contributed by atoms with Gasteiger partial charge in [-0.1, -0.05) is 18.2 Å². The van der Waals surface area contributed by atoms with Crippen LogP contribution in [0.2, 0.25) is 0 Å². The molecule has 3 N–H and O–H groups in total. The van der Waals surface area contributed by atoms with E-state index in [1.807, 2.05) is 0 Å². The number of nitrogens with zero attached hydrogens (tertiary/aromatic N) is 1. The number of nitrogens with one attached hydrogen (secondary N) is 1. The van der Waals surface area contributed by atoms with Crippen molar-refractivity contribution in [3.05, 3.63) is 46.7 Å². The first-order chi connectivity index (χ1) is 12.8. The average molecular weight is 414 g/mol. The Kier molecular flexibility index (Phi) is 7.29. The van der Waals surface area contributed by atoms with Crippen LogP contribution in [0.25, 0.3) is 0 Å². The molecule has 0 spiro atoms. The fourth-order valence-corrected chi connectivity index (χ4v) is 4.41. The van der Waals surface area contributed by atoms with Crippen molar-refractivity contribution in [3.8, 4) is 0 Å². The van der Waals surface area contributed by atoms with Crippen LogP contribution in [0.15, 0.2) is 35.5 Å². The number of aliphatic carboxylic acids is 2. The first kappa shape index (κ1) is 22.4. The molecule has 2 heterocycles. The van der Waals surface area contributed by atoms with Crippen LogP contribution in [0.5, 0.6) is 0 Å². The van der Waals surface area contributed by atoms with Crippen molar-refractivity contribution in [1.82, 2.24) is 10.2 Å². The summed E-state index contributed by atoms with van der Waals surface area (Å²) in [5.41, 5.74) is 0.267. The largest absolute Gasteiger partial charge is 1.00 e. The van der Waals surface area contributed by atoms with E-state index in [1.165, 1.54) is 23.9 Å². The number of benzene rings is 1. The molecule has 0 radical (unpaired) electrons. The molecule has 0 unspecified atom stereocenters. The Labute approximate surface area is 186 Å². The molecule has 2 aliphatic heterocycles. The maximum atomic E-state index is 12.5. The Morgan fingerprint density at radius 1 is 1.29 bits per heavy atom. The summed E-state index contributed by atoms with van der Waals surface area (Å²) in [6, 6.07) is 5.20. The summed E-state index contributed by atoms with van der Waals surface area (Å²) < 4.78 is 0. The molecule has 0 aliphatic carbocycles. The summed E-state index contributed by atoms with van der Waals surface area (Å²) in [4.78, 5) is 48.2. The molecule has 1 fully saturated rings. The summed E-state index contributed by atoms with van der Waals surface area (Å²) in [6.45, 7) is -0.508. The van der Waals surface area contributed by atoms with Crippen molar-refractivity contribution < 1.29 is 64.1 Å². The number of fused-ring (bicyclic) bond motifs is 1. The summed E-state index contributed by atoms with van der Waals surface area (Å²) in [6.07, 6.45) is -0.343. The van der Waals surface area contributed by atoms with Crippen molar-refractivity contribution in [2.45, 2.75) is 17.8 Å². The number of aliphatic hydroxyl groups excluding tert-OH is 1. The second kappa shape index (κ2) is 9.10. The van der Waals surface area contributed by atoms with Crippen LogP contribution >= 0.6 is 11.8 Å². The van der Waals surface area contributed by atoms with E-state index in [0.717, 1.165) is 4.90 Å². The third kappa shape index (κ3) is 4.11. The van der Waals surface area contributed by atoms with Crippen molar-refractivity contribution in [1.29, 1.82) is 0 Å². The van der Waals surface area contributed by atoms with Gasteiger partial charge < -0.3 is 25.4 Å². The molecule has 1 aromatic carbocycles. The van der Waals surface area contributed by atoms with Gasteiger partial charge in [0.05, 0.1) is 24.7 Å². The molecule has 0 aromatic heterocycles. The molecule has 0 saturated carbocycles. The second-order valence-electron chi connectivity index (χ2n) is 5.99. The maximum absolute atomic E-state index is 12.5. The van der Waals surface area contributed by atoms with Gasteiger partial charge in [0.2, 0.25) is 0 Å². The van der Waals surface area contributed by atoms with E-state index in [4.69, 9.17) is 5.11 Å². The number of carboxylic acids is 2. The third-order valence-electron chi connectivity index (χ3n) is 4.32. The Morgan fingerprint density at radius 2 is 1.96 bits per heavy atom. The minimum absolute atomic E-state index is 0. The Hall–Kier alpha value is -1.85. The average Bonchev–Trinajstić information content (AvgIpc) is 2.64. The van der Waals surface area contributed by atoms with Crippen LogP contribution < -0.4 is 40.0 Å². The molecule has 28 heavy (non-hydrogen) atoms. The molecular weight excluding hydrogens is 399 g/mol. The number of carboxylic acid groups (broad SMARTS) is 2. The number of aliphatic hydroxyl groups is 1. The maximum Gasteiger partial charge on any atom is 1.00 e. The fraction of sp³-hybridized carbons (Fsp3) is 0.294. The molecule has 2 atom stereocenters. The van der Waals surface area contributed by atoms with E-state index in [2.05, 4.69) is 5.32 Å². The van der Waals surface area contributed by atoms with Gasteiger partial charge in [-0.05, 0) is 17.2 Å². The Bertz CT molecular complexity index is 873. The van der Waals surface area contributed by atoms with Crippen molar-refractivity contribution in [2.24, 2.45) is 0 Å². The predicted molar refractivity (Wildman–Crippen MR) is 91.2 cm³/mol. The fourth-order valence-electron chi connectivity index (χ4n) is 3.07. The zero-order valence-corrected chi connectivity index (χ0v) is 17.7. The van der Waals surface area contributed by atoms with Crippen molar-refractivity contribution in [3.63, 3.8) is 0 Å². The summed E-state index contributed by atoms with van der Waals surface area (Å²) in [5, 5.41) is 31.5. The number of thioether (sulfide) groups is 1. The number of hydrogen-bond donors (Lipinski definition) is 3. The molecule has 2 aliphatic rings. The van der Waals surface area contributed by atoms with Crippen LogP contribution in [-0.2, 0) is 20.8 Å². The van der Waals surface area contributed by atoms with Crippen molar-refractivity contribution >= 4 is 35.5 Å². The van der Waals surface area contributed by atoms with E-state index in [9.17, 15) is 29.4 Å². The van der Waals surface area contributed by atoms with Crippen LogP contribution in [0.3, 0.4) is 0 Å². The molecule has 1 aromatic rings. The van der Waals surface area contributed by atoms with Crippen LogP contribution in [-0.4, -0.2) is 62.6 Å². The van der Waals surface area contributed by atoms with Crippen molar-refractivity contribution in [2.75, 3.05) is 12.4 Å². The van der Waals surface area contributed by atoms with Gasteiger partial charge in [0.25, 0.3) is 11.8 Å². The molecular formula is C17H15N2NaO7S. The number of β-lactam (4-membered cyclic amide) rings is 1. The number of carbonyl (C=O) groups is 4. The number of hydrogen-bond acceptors (Lipinski definition) is 7. The molecule has 2 amide bonds. The molecule has 9 nitrogen and oxygen atoms in total. The monoisotopic (exact) mass is 414 g/mol. The minimum atomic E-state index is -1.56. The van der Waals surface area contributed by atoms with E-state index < -0.39 is 41.8 Å². The minimum Gasteiger partial charge on any atom is -0.543 e. The van der Waals surface area contributed by atoms with E-state index >= 15 is 0 Å². The number of amides is 2. The van der Waals surface area contributed by atoms with E-state index in [0.29, 0.717) is 5.56 Å². The van der Waals surface area contributed by atoms with Gasteiger partial charge in [-0.3, -0.25) is 19.3 Å². The van der Waals surface area contributed by atoms with Gasteiger partial charge in [0.15, 0.2) is 0 Å². The van der Waals surface area contributed by atoms with Crippen LogP contribution in [0, 0.1) is 0 Å². The third-order valence-corrected chi connectivity index (χ3v) is 5.66. The quantitative estimate of drug-likeness (QED) is 0.311. The second-order valence-corrected chi connectivity index (χ2v) is 7.09. The number of carbonyl (C=O) groups excluding carboxylic acids is 3. The smallest absolute Gasteiger partial charge is 0.543 e. The standard InChI is InChI=1S/C17H16N2O7S.Na/c20-6-9-7-27-16-12(15(24)19(16)13(9)17(25)26)18-14(23)10-4-2-1-3-8(10)5-11(21)22;/h1-4,12,16,20H,5-7H2,(H,18,23)(H,21,22)(H,25,26);/q;+1/p-1/t12-,16+;/m0./s1. The molecule has 142 valence electrons. The zero-order valence-electron chi connectivity index (χ0n) is 14.9. The van der Waals surface area contributed by atoms with Crippen LogP contribution in [0.1, 0.15) is 15.9 Å². The molecule has 3 rings (SSSR count). The Morgan fingerprint density at radius 3 is 2.57 bits per heavy atom. The predicted octanol–water partition coefficient (Wildman–Crippen LogP) is -4.67. The molecule has 11 heteroatoms. The summed E-state index contributed by atoms with van der Waals surface area (Å²) in [5.74, 6) is -3.70. The summed E-state index contributed by atoms with van der Waals surface area (Å²) in [7, 11) is 0. The SMILES string of the molecule is O=C(O)Cc1ccccc1C(=O)N[C@H]1C(=O)N2C(C(=O)[O-])=C(CO)CS[C@H]12.[Na+]. The van der Waals surface area contributed by atoms with Gasteiger partial charge >= 0.3 is 35.5 Å². The van der Waals surface area contributed by atoms with E-state index in [1.54, 1.807) is 12.1 Å². The summed E-state index contributed by atoms with van der Waals surface area (Å²) >= 11 is 1.22. The normalized spacial score (nSPS) is 20.6. The zero-order chi connectivity index (χ0) is 19.7. The van der Waals surface area contributed by atoms with E-state index in [-0.39, 0.29) is 58.6 Å². The van der Waals surface area contributed by atoms with Gasteiger partial charge in [0.1, 0.15) is 11.4 Å². The van der Waals surface area contributed by atoms with Gasteiger partial charge in [-0.2, -0.15) is 0 Å².